The first kappa shape index (κ1) is 23.0. The summed E-state index contributed by atoms with van der Waals surface area (Å²) in [5.41, 5.74) is 2.55. The smallest absolute Gasteiger partial charge is 0.227 e. The molecule has 0 aliphatic rings. The van der Waals surface area contributed by atoms with Crippen LogP contribution in [0.1, 0.15) is 40.0 Å². The highest BCUT2D eigenvalue weighted by Gasteiger charge is 2.17. The lowest BCUT2D eigenvalue weighted by atomic mass is 10.2. The Labute approximate surface area is 179 Å². The van der Waals surface area contributed by atoms with Crippen molar-refractivity contribution < 1.29 is 9.59 Å². The number of nitriles is 1. The van der Waals surface area contributed by atoms with E-state index in [0.717, 1.165) is 17.9 Å². The molecule has 0 bridgehead atoms. The van der Waals surface area contributed by atoms with Gasteiger partial charge < -0.3 is 15.1 Å². The van der Waals surface area contributed by atoms with Crippen molar-refractivity contribution in [3.05, 3.63) is 54.6 Å². The van der Waals surface area contributed by atoms with Gasteiger partial charge in [0, 0.05) is 49.0 Å². The van der Waals surface area contributed by atoms with Crippen LogP contribution in [0.5, 0.6) is 0 Å². The zero-order valence-electron chi connectivity index (χ0n) is 18.0. The van der Waals surface area contributed by atoms with Gasteiger partial charge in [-0.05, 0) is 57.2 Å². The van der Waals surface area contributed by atoms with Gasteiger partial charge in [-0.2, -0.15) is 5.26 Å². The van der Waals surface area contributed by atoms with E-state index in [4.69, 9.17) is 5.26 Å². The molecule has 0 radical (unpaired) electrons. The molecule has 0 aliphatic heterocycles. The number of carbonyl (C=O) groups is 2. The molecule has 2 aromatic carbocycles. The number of hydrogen-bond acceptors (Lipinski definition) is 4. The van der Waals surface area contributed by atoms with E-state index in [-0.39, 0.29) is 31.1 Å². The molecule has 0 saturated carbocycles. The van der Waals surface area contributed by atoms with Crippen molar-refractivity contribution in [1.29, 1.82) is 5.26 Å². The summed E-state index contributed by atoms with van der Waals surface area (Å²) in [6.45, 7) is 7.63. The lowest BCUT2D eigenvalue weighted by Gasteiger charge is -2.27. The quantitative estimate of drug-likeness (QED) is 0.626. The molecule has 0 saturated heterocycles. The number of anilines is 3. The SMILES string of the molecule is CCN(c1ccc(NC(=O)CCC(=O)N(CCC#N)c2ccccc2)cc1)C(C)C. The van der Waals surface area contributed by atoms with E-state index in [2.05, 4.69) is 37.1 Å². The molecule has 0 fully saturated rings. The Morgan fingerprint density at radius 1 is 1.00 bits per heavy atom. The van der Waals surface area contributed by atoms with Gasteiger partial charge in [0.05, 0.1) is 12.5 Å². The largest absolute Gasteiger partial charge is 0.369 e. The molecular formula is C24H30N4O2. The van der Waals surface area contributed by atoms with Crippen molar-refractivity contribution in [3.63, 3.8) is 0 Å². The van der Waals surface area contributed by atoms with E-state index in [0.29, 0.717) is 18.3 Å². The topological polar surface area (TPSA) is 76.4 Å². The van der Waals surface area contributed by atoms with Crippen LogP contribution < -0.4 is 15.1 Å². The first-order valence-electron chi connectivity index (χ1n) is 10.3. The fraction of sp³-hybridized carbons (Fsp3) is 0.375. The van der Waals surface area contributed by atoms with Crippen LogP contribution >= 0.6 is 0 Å². The Balaban J connectivity index is 1.92. The molecular weight excluding hydrogens is 376 g/mol. The number of nitrogens with one attached hydrogen (secondary N) is 1. The second-order valence-electron chi connectivity index (χ2n) is 7.26. The van der Waals surface area contributed by atoms with Gasteiger partial charge in [0.25, 0.3) is 0 Å². The molecule has 0 spiro atoms. The van der Waals surface area contributed by atoms with Crippen LogP contribution in [-0.4, -0.2) is 30.9 Å². The fourth-order valence-corrected chi connectivity index (χ4v) is 3.33. The average molecular weight is 407 g/mol. The Hall–Kier alpha value is -3.33. The third kappa shape index (κ3) is 6.63. The maximum atomic E-state index is 12.7. The monoisotopic (exact) mass is 406 g/mol. The minimum atomic E-state index is -0.208. The Kier molecular flexibility index (Phi) is 8.89. The standard InChI is InChI=1S/C24H30N4O2/c1-4-27(19(2)3)22-13-11-20(12-14-22)26-23(29)15-16-24(30)28(18-8-17-25)21-9-6-5-7-10-21/h5-7,9-14,19H,4,8,15-16,18H2,1-3H3,(H,26,29). The number of hydrogen-bond donors (Lipinski definition) is 1. The molecule has 0 aliphatic carbocycles. The highest BCUT2D eigenvalue weighted by Crippen LogP contribution is 2.20. The number of nitrogens with zero attached hydrogens (tertiary/aromatic N) is 3. The number of benzene rings is 2. The molecule has 0 aromatic heterocycles. The van der Waals surface area contributed by atoms with Crippen LogP contribution in [0.2, 0.25) is 0 Å². The van der Waals surface area contributed by atoms with E-state index in [9.17, 15) is 9.59 Å². The Bertz CT molecular complexity index is 857. The maximum absolute atomic E-state index is 12.7. The third-order valence-electron chi connectivity index (χ3n) is 4.83. The summed E-state index contributed by atoms with van der Waals surface area (Å²) < 4.78 is 0. The normalized spacial score (nSPS) is 10.4. The molecule has 0 heterocycles. The van der Waals surface area contributed by atoms with Crippen LogP contribution in [-0.2, 0) is 9.59 Å². The first-order valence-corrected chi connectivity index (χ1v) is 10.3. The van der Waals surface area contributed by atoms with E-state index >= 15 is 0 Å². The molecule has 6 nitrogen and oxygen atoms in total. The van der Waals surface area contributed by atoms with Gasteiger partial charge in [0.15, 0.2) is 0 Å². The fourth-order valence-electron chi connectivity index (χ4n) is 3.33. The number of para-hydroxylation sites is 1. The van der Waals surface area contributed by atoms with Crippen LogP contribution in [0.15, 0.2) is 54.6 Å². The molecule has 158 valence electrons. The number of amides is 2. The first-order chi connectivity index (χ1) is 14.5. The summed E-state index contributed by atoms with van der Waals surface area (Å²) in [4.78, 5) is 28.8. The maximum Gasteiger partial charge on any atom is 0.227 e. The Morgan fingerprint density at radius 2 is 1.67 bits per heavy atom. The summed E-state index contributed by atoms with van der Waals surface area (Å²) in [5.74, 6) is -0.377. The summed E-state index contributed by atoms with van der Waals surface area (Å²) in [7, 11) is 0. The molecule has 1 N–H and O–H groups in total. The predicted molar refractivity (Wildman–Crippen MR) is 121 cm³/mol. The lowest BCUT2D eigenvalue weighted by molar-refractivity contribution is -0.122. The number of carbonyl (C=O) groups excluding carboxylic acids is 2. The van der Waals surface area contributed by atoms with Gasteiger partial charge in [-0.3, -0.25) is 9.59 Å². The molecule has 2 aromatic rings. The Morgan fingerprint density at radius 3 is 2.23 bits per heavy atom. The molecule has 0 unspecified atom stereocenters. The summed E-state index contributed by atoms with van der Waals surface area (Å²) >= 11 is 0. The predicted octanol–water partition coefficient (Wildman–Crippen LogP) is 4.59. The minimum absolute atomic E-state index is 0.0845. The van der Waals surface area contributed by atoms with Crippen LogP contribution in [0.3, 0.4) is 0 Å². The van der Waals surface area contributed by atoms with Crippen molar-refractivity contribution in [2.75, 3.05) is 28.2 Å². The van der Waals surface area contributed by atoms with Gasteiger partial charge in [0.2, 0.25) is 11.8 Å². The van der Waals surface area contributed by atoms with Crippen molar-refractivity contribution in [2.24, 2.45) is 0 Å². The average Bonchev–Trinajstić information content (AvgIpc) is 2.75. The van der Waals surface area contributed by atoms with E-state index in [1.54, 1.807) is 4.90 Å². The van der Waals surface area contributed by atoms with Gasteiger partial charge in [-0.25, -0.2) is 0 Å². The second-order valence-corrected chi connectivity index (χ2v) is 7.26. The van der Waals surface area contributed by atoms with Gasteiger partial charge in [-0.15, -0.1) is 0 Å². The molecule has 2 amide bonds. The highest BCUT2D eigenvalue weighted by molar-refractivity contribution is 5.98. The zero-order chi connectivity index (χ0) is 21.9. The van der Waals surface area contributed by atoms with E-state index in [1.165, 1.54) is 0 Å². The van der Waals surface area contributed by atoms with Crippen LogP contribution in [0.4, 0.5) is 17.1 Å². The van der Waals surface area contributed by atoms with Crippen molar-refractivity contribution >= 4 is 28.9 Å². The summed E-state index contributed by atoms with van der Waals surface area (Å²) in [6, 6.07) is 19.4. The molecule has 6 heteroatoms. The van der Waals surface area contributed by atoms with Crippen LogP contribution in [0.25, 0.3) is 0 Å². The van der Waals surface area contributed by atoms with Gasteiger partial charge in [-0.1, -0.05) is 18.2 Å². The molecule has 0 atom stereocenters. The number of rotatable bonds is 10. The van der Waals surface area contributed by atoms with Crippen molar-refractivity contribution in [1.82, 2.24) is 0 Å². The molecule has 30 heavy (non-hydrogen) atoms. The minimum Gasteiger partial charge on any atom is -0.369 e. The lowest BCUT2D eigenvalue weighted by Crippen LogP contribution is -2.32. The van der Waals surface area contributed by atoms with Gasteiger partial charge in [0.1, 0.15) is 0 Å². The summed E-state index contributed by atoms with van der Waals surface area (Å²) in [6.07, 6.45) is 0.412. The molecule has 2 rings (SSSR count). The third-order valence-corrected chi connectivity index (χ3v) is 4.83. The van der Waals surface area contributed by atoms with E-state index < -0.39 is 0 Å². The van der Waals surface area contributed by atoms with Crippen LogP contribution in [0, 0.1) is 11.3 Å². The zero-order valence-corrected chi connectivity index (χ0v) is 18.0. The summed E-state index contributed by atoms with van der Waals surface area (Å²) in [5, 5.41) is 11.7. The second kappa shape index (κ2) is 11.6. The highest BCUT2D eigenvalue weighted by atomic mass is 16.2. The van der Waals surface area contributed by atoms with Crippen molar-refractivity contribution in [2.45, 2.75) is 46.1 Å². The van der Waals surface area contributed by atoms with Gasteiger partial charge >= 0.3 is 0 Å². The van der Waals surface area contributed by atoms with Crippen molar-refractivity contribution in [3.8, 4) is 6.07 Å². The van der Waals surface area contributed by atoms with E-state index in [1.807, 2.05) is 54.6 Å².